The minimum atomic E-state index is -1.46. The second-order valence-corrected chi connectivity index (χ2v) is 13.5. The summed E-state index contributed by atoms with van der Waals surface area (Å²) in [4.78, 5) is 39.2. The van der Waals surface area contributed by atoms with Gasteiger partial charge in [0.15, 0.2) is 18.0 Å². The lowest BCUT2D eigenvalue weighted by atomic mass is 10.00. The maximum Gasteiger partial charge on any atom is 0.407 e. The van der Waals surface area contributed by atoms with Gasteiger partial charge in [-0.25, -0.2) is 9.59 Å². The van der Waals surface area contributed by atoms with Gasteiger partial charge in [-0.05, 0) is 20.8 Å². The van der Waals surface area contributed by atoms with Crippen LogP contribution >= 0.6 is 58.0 Å². The van der Waals surface area contributed by atoms with Crippen LogP contribution in [-0.2, 0) is 52.2 Å². The molecular weight excluding hydrogens is 786 g/mol. The molecule has 0 aliphatic carbocycles. The van der Waals surface area contributed by atoms with E-state index in [-0.39, 0.29) is 44.0 Å². The Morgan fingerprint density at radius 3 is 1.31 bits per heavy atom. The van der Waals surface area contributed by atoms with Crippen molar-refractivity contribution in [3.05, 3.63) is 25.1 Å². The predicted octanol–water partition coefficient (Wildman–Crippen LogP) is 4.62. The number of rotatable bonds is 21. The van der Waals surface area contributed by atoms with Crippen LogP contribution in [0.1, 0.15) is 20.8 Å². The number of carbonyl (C=O) groups is 3. The van der Waals surface area contributed by atoms with Gasteiger partial charge in [-0.3, -0.25) is 4.79 Å². The number of nitrogens with one attached hydrogen (secondary N) is 2. The van der Waals surface area contributed by atoms with E-state index in [2.05, 4.69) is 10.6 Å². The van der Waals surface area contributed by atoms with Crippen molar-refractivity contribution in [1.82, 2.24) is 10.6 Å². The third-order valence-corrected chi connectivity index (χ3v) is 9.61. The van der Waals surface area contributed by atoms with E-state index in [1.54, 1.807) is 20.8 Å². The lowest BCUT2D eigenvalue weighted by Crippen LogP contribution is -2.58. The highest BCUT2D eigenvalue weighted by Crippen LogP contribution is 2.48. The second-order valence-electron chi connectivity index (χ2n) is 11.6. The Bertz CT molecular complexity index is 1260. The number of hydrogen-bond donors (Lipinski definition) is 2. The number of hydrogen-bond acceptors (Lipinski definition) is 13. The molecule has 1 rings (SSSR count). The highest BCUT2D eigenvalue weighted by atomic mass is 35.5. The van der Waals surface area contributed by atoms with Gasteiger partial charge in [0.05, 0.1) is 15.1 Å². The first-order chi connectivity index (χ1) is 23.9. The summed E-state index contributed by atoms with van der Waals surface area (Å²) in [6, 6.07) is 0. The molecule has 51 heavy (non-hydrogen) atoms. The van der Waals surface area contributed by atoms with Crippen molar-refractivity contribution < 1.29 is 61.8 Å². The van der Waals surface area contributed by atoms with E-state index in [1.807, 2.05) is 0 Å². The molecule has 1 aromatic rings. The molecule has 0 radical (unpaired) electrons. The van der Waals surface area contributed by atoms with Gasteiger partial charge in [0, 0.05) is 70.0 Å². The predicted molar refractivity (Wildman–Crippen MR) is 191 cm³/mol. The largest absolute Gasteiger partial charge is 0.444 e. The van der Waals surface area contributed by atoms with E-state index < -0.39 is 72.4 Å². The molecule has 1 aromatic carbocycles. The molecule has 2 N–H and O–H groups in total. The van der Waals surface area contributed by atoms with Crippen molar-refractivity contribution in [1.29, 1.82) is 0 Å². The average Bonchev–Trinajstić information content (AvgIpc) is 3.09. The first-order valence-corrected chi connectivity index (χ1v) is 17.0. The van der Waals surface area contributed by atoms with Gasteiger partial charge >= 0.3 is 12.1 Å². The number of carbonyl (C=O) groups excluding carboxylic acids is 3. The van der Waals surface area contributed by atoms with Gasteiger partial charge in [0.2, 0.25) is 0 Å². The monoisotopic (exact) mass is 830 g/mol. The van der Waals surface area contributed by atoms with Gasteiger partial charge in [0.1, 0.15) is 52.3 Å². The highest BCUT2D eigenvalue weighted by molar-refractivity contribution is 6.55. The highest BCUT2D eigenvalue weighted by Gasteiger charge is 2.43. The zero-order valence-electron chi connectivity index (χ0n) is 30.2. The molecule has 2 amide bonds. The summed E-state index contributed by atoms with van der Waals surface area (Å²) >= 11 is 30.8. The quantitative estimate of drug-likeness (QED) is 0.0764. The zero-order valence-corrected chi connectivity index (χ0v) is 34.0. The molecule has 0 heterocycles. The number of amides is 2. The maximum absolute atomic E-state index is 13.6. The molecule has 0 spiro atoms. The third kappa shape index (κ3) is 13.1. The number of methoxy groups -OCH3 is 8. The normalized spacial score (nSPS) is 16.6. The van der Waals surface area contributed by atoms with Crippen LogP contribution in [0.25, 0.3) is 0 Å². The van der Waals surface area contributed by atoms with Gasteiger partial charge in [-0.1, -0.05) is 58.0 Å². The summed E-state index contributed by atoms with van der Waals surface area (Å²) in [5.74, 6) is -1.99. The fourth-order valence-corrected chi connectivity index (χ4v) is 6.11. The fourth-order valence-electron chi connectivity index (χ4n) is 4.91. The molecule has 0 fully saturated rings. The number of benzene rings is 1. The smallest absolute Gasteiger partial charge is 0.407 e. The van der Waals surface area contributed by atoms with Gasteiger partial charge in [-0.15, -0.1) is 0 Å². The van der Waals surface area contributed by atoms with Crippen molar-refractivity contribution in [2.24, 2.45) is 0 Å². The van der Waals surface area contributed by atoms with Crippen LogP contribution in [-0.4, -0.2) is 142 Å². The average molecular weight is 833 g/mol. The lowest BCUT2D eigenvalue weighted by Gasteiger charge is -2.36. The first kappa shape index (κ1) is 47.6. The molecule has 15 nitrogen and oxygen atoms in total. The standard InChI is InChI=1S/C31H47Cl5N2O13/c1-31(2,3)51-30(41)38-13-15(43-5)21(44-6)24(46-8)26(48-10)28(39)37-12-14(42-4)22(45-7)25(47-9)27(49-11)29(40)50-23-19(35)17(33)16(32)18(34)20(23)36/h14-15,21-22,24-27H,12-13H2,1-11H3,(H,37,39)(H,38,41)/t14-,15-,21+,22+,24+,25+,26-,27-/m1/s1. The van der Waals surface area contributed by atoms with Crippen molar-refractivity contribution in [3.63, 3.8) is 0 Å². The topological polar surface area (TPSA) is 168 Å². The Hall–Kier alpha value is -1.44. The molecule has 0 unspecified atom stereocenters. The fraction of sp³-hybridized carbons (Fsp3) is 0.710. The van der Waals surface area contributed by atoms with Crippen LogP contribution in [0, 0.1) is 0 Å². The third-order valence-electron chi connectivity index (χ3n) is 7.37. The lowest BCUT2D eigenvalue weighted by molar-refractivity contribution is -0.175. The SMILES string of the molecule is CO[C@H]([C@H](OC)[C@@H](OC)C(=O)NC[C@@H](OC)[C@H](OC)[C@H](OC)[C@@H](OC)C(=O)Oc1c(Cl)c(Cl)c(Cl)c(Cl)c1Cl)[C@@H](CNC(=O)OC(C)(C)C)OC. The van der Waals surface area contributed by atoms with E-state index in [1.165, 1.54) is 56.9 Å². The van der Waals surface area contributed by atoms with E-state index in [0.29, 0.717) is 0 Å². The van der Waals surface area contributed by atoms with Crippen molar-refractivity contribution >= 4 is 76.0 Å². The Kier molecular flexibility index (Phi) is 21.2. The minimum Gasteiger partial charge on any atom is -0.444 e. The Labute approximate surface area is 323 Å². The Morgan fingerprint density at radius 1 is 0.549 bits per heavy atom. The van der Waals surface area contributed by atoms with Crippen LogP contribution in [0.15, 0.2) is 0 Å². The molecule has 0 saturated carbocycles. The van der Waals surface area contributed by atoms with Crippen LogP contribution in [0.2, 0.25) is 25.1 Å². The zero-order chi connectivity index (χ0) is 39.2. The van der Waals surface area contributed by atoms with E-state index >= 15 is 0 Å². The van der Waals surface area contributed by atoms with E-state index in [4.69, 9.17) is 105 Å². The van der Waals surface area contributed by atoms with E-state index in [9.17, 15) is 14.4 Å². The van der Waals surface area contributed by atoms with Crippen LogP contribution in [0.3, 0.4) is 0 Å². The second kappa shape index (κ2) is 22.7. The molecule has 0 aromatic heterocycles. The summed E-state index contributed by atoms with van der Waals surface area (Å²) in [6.07, 6.45) is -9.28. The first-order valence-electron chi connectivity index (χ1n) is 15.1. The molecule has 0 bridgehead atoms. The molecule has 0 saturated heterocycles. The molecule has 8 atom stereocenters. The molecular formula is C31H47Cl5N2O13. The van der Waals surface area contributed by atoms with Crippen molar-refractivity contribution in [2.75, 3.05) is 70.0 Å². The Balaban J connectivity index is 3.20. The number of halogens is 5. The number of ether oxygens (including phenoxy) is 10. The molecule has 294 valence electrons. The molecule has 20 heteroatoms. The molecule has 0 aliphatic heterocycles. The summed E-state index contributed by atoms with van der Waals surface area (Å²) in [5, 5.41) is 4.34. The van der Waals surface area contributed by atoms with Crippen molar-refractivity contribution in [2.45, 2.75) is 75.2 Å². The molecule has 0 aliphatic rings. The van der Waals surface area contributed by atoms with Gasteiger partial charge in [0.25, 0.3) is 5.91 Å². The van der Waals surface area contributed by atoms with E-state index in [0.717, 1.165) is 0 Å². The van der Waals surface area contributed by atoms with Gasteiger partial charge < -0.3 is 58.0 Å². The van der Waals surface area contributed by atoms with Crippen LogP contribution in [0.5, 0.6) is 5.75 Å². The minimum absolute atomic E-state index is 0.0406. The van der Waals surface area contributed by atoms with Crippen LogP contribution in [0.4, 0.5) is 4.79 Å². The number of esters is 1. The summed E-state index contributed by atoms with van der Waals surface area (Å²) in [6.45, 7) is 4.97. The number of alkyl carbamates (subject to hydrolysis) is 1. The van der Waals surface area contributed by atoms with Gasteiger partial charge in [-0.2, -0.15) is 0 Å². The Morgan fingerprint density at radius 2 is 0.941 bits per heavy atom. The summed E-state index contributed by atoms with van der Waals surface area (Å²) in [5.41, 5.74) is -0.718. The maximum atomic E-state index is 13.6. The summed E-state index contributed by atoms with van der Waals surface area (Å²) < 4.78 is 55.5. The van der Waals surface area contributed by atoms with Crippen LogP contribution < -0.4 is 15.4 Å². The summed E-state index contributed by atoms with van der Waals surface area (Å²) in [7, 11) is 10.7. The van der Waals surface area contributed by atoms with Crippen molar-refractivity contribution in [3.8, 4) is 5.75 Å².